The van der Waals surface area contributed by atoms with Crippen LogP contribution in [-0.2, 0) is 105 Å². The van der Waals surface area contributed by atoms with Gasteiger partial charge in [0.1, 0.15) is 66.5 Å². The molecule has 32 N–H and O–H groups in total. The summed E-state index contributed by atoms with van der Waals surface area (Å²) in [7, 11) is 0. The number of hydrogen-bond donors (Lipinski definition) is 27. The van der Waals surface area contributed by atoms with Crippen LogP contribution >= 0.6 is 11.8 Å². The molecule has 3 aliphatic rings. The number of nitrogens with zero attached hydrogens (tertiary/aromatic N) is 2. The van der Waals surface area contributed by atoms with Crippen molar-refractivity contribution in [3.8, 4) is 0 Å². The Hall–Kier alpha value is -11.6. The Labute approximate surface area is 825 Å². The highest BCUT2D eigenvalue weighted by Gasteiger charge is 2.43. The number of carboxylic acids is 1. The third kappa shape index (κ3) is 46.3. The van der Waals surface area contributed by atoms with E-state index in [1.165, 1.54) is 62.7 Å². The van der Waals surface area contributed by atoms with Crippen molar-refractivity contribution in [1.29, 1.82) is 0 Å². The molecule has 0 aromatic rings. The van der Waals surface area contributed by atoms with E-state index in [-0.39, 0.29) is 128 Å². The zero-order chi connectivity index (χ0) is 106. The molecule has 51 nitrogen and oxygen atoms in total. The first-order valence-electron chi connectivity index (χ1n) is 48.5. The molecule has 17 atom stereocenters. The number of amides is 21. The Morgan fingerprint density at radius 3 is 1.57 bits per heavy atom. The van der Waals surface area contributed by atoms with Crippen molar-refractivity contribution >= 4 is 142 Å². The van der Waals surface area contributed by atoms with Crippen LogP contribution in [0.5, 0.6) is 0 Å². The van der Waals surface area contributed by atoms with Crippen LogP contribution < -0.4 is 124 Å². The molecule has 3 fully saturated rings. The summed E-state index contributed by atoms with van der Waals surface area (Å²) in [6.45, 7) is 7.96. The second-order valence-electron chi connectivity index (χ2n) is 36.5. The monoisotopic (exact) mass is 2020 g/mol. The Bertz CT molecular complexity index is 4170. The highest BCUT2D eigenvalue weighted by molar-refractivity contribution is 8.01. The molecule has 0 aromatic heterocycles. The number of aliphatic hydroxyl groups excluding tert-OH is 3. The van der Waals surface area contributed by atoms with Gasteiger partial charge in [0.05, 0.1) is 70.4 Å². The molecule has 0 unspecified atom stereocenters. The zero-order valence-corrected chi connectivity index (χ0v) is 83.2. The maximum absolute atomic E-state index is 15.0. The molecule has 0 aromatic carbocycles. The second kappa shape index (κ2) is 66.2. The van der Waals surface area contributed by atoms with E-state index in [1.54, 1.807) is 27.7 Å². The molecule has 0 spiro atoms. The van der Waals surface area contributed by atoms with Gasteiger partial charge >= 0.3 is 5.97 Å². The second-order valence-corrected chi connectivity index (χ2v) is 38.0. The molecule has 141 heavy (non-hydrogen) atoms. The van der Waals surface area contributed by atoms with Crippen molar-refractivity contribution in [1.82, 2.24) is 106 Å². The van der Waals surface area contributed by atoms with Gasteiger partial charge in [0.2, 0.25) is 118 Å². The molecule has 3 heterocycles. The number of unbranched alkanes of at least 4 members (excludes halogenated alkanes) is 8. The summed E-state index contributed by atoms with van der Waals surface area (Å²) in [4.78, 5) is 304. The third-order valence-electron chi connectivity index (χ3n) is 23.5. The number of primary amides is 1. The number of thioether (sulfide) groups is 1. The van der Waals surface area contributed by atoms with Gasteiger partial charge < -0.3 is 155 Å². The first-order chi connectivity index (χ1) is 66.7. The summed E-state index contributed by atoms with van der Waals surface area (Å²) < 4.78 is 0. The van der Waals surface area contributed by atoms with Crippen LogP contribution in [0.4, 0.5) is 0 Å². The standard InChI is InChI=1S/C89H155N25O26S/c1-10-11-12-13-14-15-16-17-18-29-65(119)95-34-22-24-54(93)76(127)103-56(26-20-32-91)78(129)104-55(25-19-31-90)77(128)98-40-66(120)96-41-67(121)102-61(46-115)81(132)108-62(47-116)82(133)105-57(27-21-33-92)79(130)111-72(50(6)7)85(136)106-59(37-48(2)3)80(131)112-74-52(9)141-87(86(137)107-60(89(139)140)38-64(94)118)110-70(124)44-99-83(134)63-28-23-35-114(63)71(125)39-58(49(4)5)101-68(122)42-97-75(126)53-30-36-113(45-53)88(138)73(51(8)117)109-69(123)43-100-84(74)135/h48-63,72-74,87,115-117H,10-47,90-93H2,1-9H3,(H2,94,118)(H,95,119)(H,96,120)(H,97,126)(H,98,128)(H,99,134)(H,100,135)(H,101,122)(H,102,121)(H,103,127)(H,104,129)(H,105,133)(H,106,136)(H,107,137)(H,108,132)(H,109,123)(H,110,124)(H,111,130)(H,112,131)(H,139,140)/t51-,52+,53-,54-,55-,56-,57+,58+,59-,60+,61-,62+,63+,72+,73+,74-,87-/m0/s1. The highest BCUT2D eigenvalue weighted by Crippen LogP contribution is 2.25. The van der Waals surface area contributed by atoms with Crippen molar-refractivity contribution < 1.29 is 126 Å². The molecular formula is C89H155N25O26S. The van der Waals surface area contributed by atoms with Crippen molar-refractivity contribution in [2.45, 2.75) is 312 Å². The lowest BCUT2D eigenvalue weighted by atomic mass is 9.99. The van der Waals surface area contributed by atoms with Gasteiger partial charge in [-0.3, -0.25) is 101 Å². The summed E-state index contributed by atoms with van der Waals surface area (Å²) in [5, 5.41) is 81.8. The molecule has 3 saturated heterocycles. The normalized spacial score (nSPS) is 20.4. The average Bonchev–Trinajstić information content (AvgIpc) is 1.63. The SMILES string of the molecule is CCCCCCCCCCCC(=O)NCCC[C@H](N)C(=O)N[C@@H](CCCN)C(=O)N[C@@H](CCCN)C(=O)NCC(=O)NCC(=O)N[C@@H](CO)C(=O)N[C@H](CO)C(=O)N[C@H](CCCN)C(=O)N[C@@H](C(=O)N[C@@H](CC(C)C)C(=O)N[C@@H]1C(=O)NCC(=O)N[C@H]([C@H](C)O)C(=O)N2CC[C@@H](C2)C(=O)NCC(=O)N[C@@H](C(C)C)CC(=O)N2CCC[C@@H]2C(=O)NCC(=O)N[C@H](C(=O)N[C@H](CC(N)=O)C(=O)O)S[C@@H]1C)C(C)C. The average molecular weight is 2020 g/mol. The predicted octanol–water partition coefficient (Wildman–Crippen LogP) is -9.25. The van der Waals surface area contributed by atoms with E-state index in [0.29, 0.717) is 31.0 Å². The number of carboxylic acid groups (broad SMARTS) is 1. The van der Waals surface area contributed by atoms with Gasteiger partial charge in [-0.2, -0.15) is 0 Å². The summed E-state index contributed by atoms with van der Waals surface area (Å²) >= 11 is 0.359. The maximum atomic E-state index is 15.0. The van der Waals surface area contributed by atoms with Crippen molar-refractivity contribution in [3.63, 3.8) is 0 Å². The fourth-order valence-corrected chi connectivity index (χ4v) is 16.5. The molecule has 0 saturated carbocycles. The number of carbonyl (C=O) groups excluding carboxylic acids is 21. The first kappa shape index (κ1) is 124. The number of hydrogen-bond acceptors (Lipinski definition) is 30. The van der Waals surface area contributed by atoms with E-state index in [2.05, 4.69) is 103 Å². The van der Waals surface area contributed by atoms with Crippen LogP contribution in [-0.4, -0.2) is 347 Å². The number of aliphatic hydroxyl groups is 3. The van der Waals surface area contributed by atoms with Gasteiger partial charge in [0, 0.05) is 50.3 Å². The molecule has 798 valence electrons. The Morgan fingerprint density at radius 2 is 1.02 bits per heavy atom. The largest absolute Gasteiger partial charge is 0.480 e. The molecular weight excluding hydrogens is 1870 g/mol. The van der Waals surface area contributed by atoms with Crippen molar-refractivity contribution in [2.75, 3.05) is 91.8 Å². The molecule has 3 aliphatic heterocycles. The maximum Gasteiger partial charge on any atom is 0.326 e. The van der Waals surface area contributed by atoms with Crippen LogP contribution in [0.2, 0.25) is 0 Å². The quantitative estimate of drug-likeness (QED) is 0.0252. The number of aliphatic carboxylic acids is 1. The van der Waals surface area contributed by atoms with Crippen LogP contribution in [0, 0.1) is 23.7 Å². The lowest BCUT2D eigenvalue weighted by Gasteiger charge is -2.31. The van der Waals surface area contributed by atoms with Crippen molar-refractivity contribution in [2.24, 2.45) is 52.3 Å². The summed E-state index contributed by atoms with van der Waals surface area (Å²) in [6.07, 6.45) is 8.54. The van der Waals surface area contributed by atoms with E-state index in [4.69, 9.17) is 28.7 Å². The molecule has 52 heteroatoms. The lowest BCUT2D eigenvalue weighted by Crippen LogP contribution is -2.62. The number of fused-ring (bicyclic) bond motifs is 3. The van der Waals surface area contributed by atoms with E-state index in [9.17, 15) is 121 Å². The van der Waals surface area contributed by atoms with Gasteiger partial charge in [-0.05, 0) is 128 Å². The Balaban J connectivity index is 1.85. The number of nitrogens with one attached hydrogen (secondary N) is 18. The van der Waals surface area contributed by atoms with Gasteiger partial charge in [-0.25, -0.2) is 4.79 Å². The Kier molecular flexibility index (Phi) is 58.0. The van der Waals surface area contributed by atoms with E-state index < -0.39 is 289 Å². The summed E-state index contributed by atoms with van der Waals surface area (Å²) in [5.74, 6) is -24.3. The zero-order valence-electron chi connectivity index (χ0n) is 82.4. The third-order valence-corrected chi connectivity index (χ3v) is 24.8. The number of nitrogens with two attached hydrogens (primary N) is 5. The minimum atomic E-state index is -2.05. The number of carbonyl (C=O) groups is 22. The first-order valence-corrected chi connectivity index (χ1v) is 49.4. The molecule has 0 radical (unpaired) electrons. The predicted molar refractivity (Wildman–Crippen MR) is 513 cm³/mol. The van der Waals surface area contributed by atoms with Crippen LogP contribution in [0.3, 0.4) is 0 Å². The molecule has 21 amide bonds. The fourth-order valence-electron chi connectivity index (χ4n) is 15.3. The molecule has 2 bridgehead atoms. The summed E-state index contributed by atoms with van der Waals surface area (Å²) in [5.41, 5.74) is 28.8. The van der Waals surface area contributed by atoms with Crippen LogP contribution in [0.25, 0.3) is 0 Å². The van der Waals surface area contributed by atoms with Crippen molar-refractivity contribution in [3.05, 3.63) is 0 Å². The summed E-state index contributed by atoms with van der Waals surface area (Å²) in [6, 6.07) is -20.0. The van der Waals surface area contributed by atoms with E-state index in [0.717, 1.165) is 32.6 Å². The van der Waals surface area contributed by atoms with Crippen LogP contribution in [0.15, 0.2) is 0 Å². The van der Waals surface area contributed by atoms with E-state index in [1.807, 2.05) is 0 Å². The smallest absolute Gasteiger partial charge is 0.326 e. The minimum absolute atomic E-state index is 0.0142. The lowest BCUT2D eigenvalue weighted by molar-refractivity contribution is -0.143. The van der Waals surface area contributed by atoms with E-state index >= 15 is 4.79 Å². The van der Waals surface area contributed by atoms with Gasteiger partial charge in [-0.1, -0.05) is 107 Å². The number of rotatable bonds is 55. The Morgan fingerprint density at radius 1 is 0.511 bits per heavy atom. The van der Waals surface area contributed by atoms with Gasteiger partial charge in [-0.15, -0.1) is 11.8 Å². The van der Waals surface area contributed by atoms with Gasteiger partial charge in [0.25, 0.3) is 5.91 Å². The van der Waals surface area contributed by atoms with Crippen LogP contribution in [0.1, 0.15) is 216 Å². The molecule has 3 rings (SSSR count). The highest BCUT2D eigenvalue weighted by atomic mass is 32.2. The fraction of sp³-hybridized carbons (Fsp3) is 0.753. The minimum Gasteiger partial charge on any atom is -0.480 e. The van der Waals surface area contributed by atoms with Gasteiger partial charge in [0.15, 0.2) is 5.37 Å². The topological polar surface area (TPSA) is 810 Å². The molecule has 0 aliphatic carbocycles.